The fourth-order valence-corrected chi connectivity index (χ4v) is 2.55. The van der Waals surface area contributed by atoms with Gasteiger partial charge in [0.2, 0.25) is 5.91 Å². The monoisotopic (exact) mass is 349 g/mol. The van der Waals surface area contributed by atoms with E-state index in [0.29, 0.717) is 11.4 Å². The number of aromatic nitrogens is 2. The third kappa shape index (κ3) is 4.16. The lowest BCUT2D eigenvalue weighted by molar-refractivity contribution is -0.115. The second-order valence-corrected chi connectivity index (χ2v) is 5.83. The summed E-state index contributed by atoms with van der Waals surface area (Å²) in [4.78, 5) is 23.7. The van der Waals surface area contributed by atoms with E-state index in [1.54, 1.807) is 20.2 Å². The van der Waals surface area contributed by atoms with Gasteiger partial charge in [0.25, 0.3) is 5.56 Å². The van der Waals surface area contributed by atoms with Crippen LogP contribution in [0.2, 0.25) is 0 Å². The zero-order valence-electron chi connectivity index (χ0n) is 14.6. The van der Waals surface area contributed by atoms with Crippen LogP contribution < -0.4 is 15.6 Å². The van der Waals surface area contributed by atoms with Crippen molar-refractivity contribution in [3.63, 3.8) is 0 Å². The highest BCUT2D eigenvalue weighted by atomic mass is 16.5. The van der Waals surface area contributed by atoms with Crippen LogP contribution >= 0.6 is 0 Å². The van der Waals surface area contributed by atoms with E-state index in [1.165, 1.54) is 10.7 Å². The Kier molecular flexibility index (Phi) is 5.12. The molecule has 1 aromatic heterocycles. The molecular formula is C20H19N3O3. The van der Waals surface area contributed by atoms with E-state index in [4.69, 9.17) is 4.74 Å². The van der Waals surface area contributed by atoms with Crippen LogP contribution in [0.3, 0.4) is 0 Å². The van der Waals surface area contributed by atoms with Crippen molar-refractivity contribution in [2.45, 2.75) is 6.42 Å². The number of hydrogen-bond donors (Lipinski definition) is 1. The molecule has 0 bridgehead atoms. The number of amides is 1. The lowest BCUT2D eigenvalue weighted by Gasteiger charge is -2.08. The van der Waals surface area contributed by atoms with Crippen molar-refractivity contribution in [1.82, 2.24) is 9.78 Å². The van der Waals surface area contributed by atoms with Crippen LogP contribution in [-0.2, 0) is 18.3 Å². The van der Waals surface area contributed by atoms with E-state index in [2.05, 4.69) is 10.4 Å². The quantitative estimate of drug-likeness (QED) is 0.768. The molecule has 0 spiro atoms. The number of benzene rings is 2. The van der Waals surface area contributed by atoms with Crippen molar-refractivity contribution in [3.05, 3.63) is 76.6 Å². The second kappa shape index (κ2) is 7.65. The first-order valence-corrected chi connectivity index (χ1v) is 8.13. The third-order valence-corrected chi connectivity index (χ3v) is 3.93. The number of ether oxygens (including phenoxy) is 1. The summed E-state index contributed by atoms with van der Waals surface area (Å²) < 4.78 is 6.40. The highest BCUT2D eigenvalue weighted by molar-refractivity contribution is 5.92. The zero-order chi connectivity index (χ0) is 18.5. The minimum atomic E-state index is -0.169. The molecule has 3 aromatic rings. The Morgan fingerprint density at radius 2 is 1.88 bits per heavy atom. The SMILES string of the molecule is COc1ccc(CC(=O)Nc2cccc(-c3ccc(=O)n(C)n3)c2)cc1. The number of aryl methyl sites for hydroxylation is 1. The zero-order valence-corrected chi connectivity index (χ0v) is 14.6. The molecule has 1 heterocycles. The molecule has 0 unspecified atom stereocenters. The molecule has 0 atom stereocenters. The van der Waals surface area contributed by atoms with Gasteiger partial charge in [-0.1, -0.05) is 24.3 Å². The van der Waals surface area contributed by atoms with Gasteiger partial charge in [-0.25, -0.2) is 4.68 Å². The first kappa shape index (κ1) is 17.4. The molecule has 0 aliphatic rings. The average molecular weight is 349 g/mol. The number of nitrogens with one attached hydrogen (secondary N) is 1. The molecule has 0 aliphatic heterocycles. The highest BCUT2D eigenvalue weighted by Gasteiger charge is 2.07. The maximum atomic E-state index is 12.3. The normalized spacial score (nSPS) is 10.4. The summed E-state index contributed by atoms with van der Waals surface area (Å²) in [5.41, 5.74) is 2.90. The van der Waals surface area contributed by atoms with E-state index in [-0.39, 0.29) is 17.9 Å². The molecule has 132 valence electrons. The van der Waals surface area contributed by atoms with Gasteiger partial charge < -0.3 is 10.1 Å². The topological polar surface area (TPSA) is 73.2 Å². The van der Waals surface area contributed by atoms with Crippen molar-refractivity contribution < 1.29 is 9.53 Å². The van der Waals surface area contributed by atoms with Crippen molar-refractivity contribution >= 4 is 11.6 Å². The maximum absolute atomic E-state index is 12.3. The molecule has 0 saturated heterocycles. The fourth-order valence-electron chi connectivity index (χ4n) is 2.55. The van der Waals surface area contributed by atoms with Gasteiger partial charge in [-0.2, -0.15) is 5.10 Å². The Hall–Kier alpha value is -3.41. The first-order valence-electron chi connectivity index (χ1n) is 8.13. The Labute approximate surface area is 151 Å². The standard InChI is InChI=1S/C20H19N3O3/c1-23-20(25)11-10-18(22-23)15-4-3-5-16(13-15)21-19(24)12-14-6-8-17(26-2)9-7-14/h3-11,13H,12H2,1-2H3,(H,21,24). The summed E-state index contributed by atoms with van der Waals surface area (Å²) in [6, 6.07) is 17.9. The molecule has 2 aromatic carbocycles. The Morgan fingerprint density at radius 3 is 2.58 bits per heavy atom. The number of nitrogens with zero attached hydrogens (tertiary/aromatic N) is 2. The van der Waals surface area contributed by atoms with E-state index < -0.39 is 0 Å². The lowest BCUT2D eigenvalue weighted by Crippen LogP contribution is -2.18. The van der Waals surface area contributed by atoms with E-state index in [1.807, 2.05) is 48.5 Å². The maximum Gasteiger partial charge on any atom is 0.266 e. The third-order valence-electron chi connectivity index (χ3n) is 3.93. The summed E-state index contributed by atoms with van der Waals surface area (Å²) in [7, 11) is 3.21. The predicted molar refractivity (Wildman–Crippen MR) is 100 cm³/mol. The largest absolute Gasteiger partial charge is 0.497 e. The van der Waals surface area contributed by atoms with Crippen LogP contribution in [0.5, 0.6) is 5.75 Å². The van der Waals surface area contributed by atoms with Crippen LogP contribution in [0.15, 0.2) is 65.5 Å². The van der Waals surface area contributed by atoms with Crippen LogP contribution in [0, 0.1) is 0 Å². The Bertz CT molecular complexity index is 978. The summed E-state index contributed by atoms with van der Waals surface area (Å²) in [5.74, 6) is 0.646. The van der Waals surface area contributed by atoms with Gasteiger partial charge in [0.1, 0.15) is 5.75 Å². The minimum absolute atomic E-state index is 0.110. The molecule has 1 amide bonds. The number of hydrogen-bond acceptors (Lipinski definition) is 4. The Morgan fingerprint density at radius 1 is 1.12 bits per heavy atom. The molecule has 0 fully saturated rings. The van der Waals surface area contributed by atoms with Crippen molar-refractivity contribution in [3.8, 4) is 17.0 Å². The highest BCUT2D eigenvalue weighted by Crippen LogP contribution is 2.20. The molecule has 6 nitrogen and oxygen atoms in total. The molecule has 0 saturated carbocycles. The lowest BCUT2D eigenvalue weighted by atomic mass is 10.1. The van der Waals surface area contributed by atoms with Gasteiger partial charge in [0.05, 0.1) is 19.2 Å². The van der Waals surface area contributed by atoms with Crippen molar-refractivity contribution in [2.75, 3.05) is 12.4 Å². The summed E-state index contributed by atoms with van der Waals surface area (Å²) >= 11 is 0. The van der Waals surface area contributed by atoms with Crippen molar-refractivity contribution in [1.29, 1.82) is 0 Å². The fraction of sp³-hybridized carbons (Fsp3) is 0.150. The predicted octanol–water partition coefficient (Wildman–Crippen LogP) is 2.64. The van der Waals surface area contributed by atoms with E-state index in [9.17, 15) is 9.59 Å². The number of carbonyl (C=O) groups is 1. The van der Waals surface area contributed by atoms with Gasteiger partial charge in [-0.15, -0.1) is 0 Å². The summed E-state index contributed by atoms with van der Waals surface area (Å²) in [5, 5.41) is 7.12. The van der Waals surface area contributed by atoms with Gasteiger partial charge in [-0.05, 0) is 35.9 Å². The average Bonchev–Trinajstić information content (AvgIpc) is 2.65. The van der Waals surface area contributed by atoms with Gasteiger partial charge >= 0.3 is 0 Å². The molecular weight excluding hydrogens is 330 g/mol. The van der Waals surface area contributed by atoms with Gasteiger partial charge in [0.15, 0.2) is 0 Å². The Balaban J connectivity index is 1.72. The van der Waals surface area contributed by atoms with Gasteiger partial charge in [-0.3, -0.25) is 9.59 Å². The molecule has 26 heavy (non-hydrogen) atoms. The molecule has 0 aliphatic carbocycles. The second-order valence-electron chi connectivity index (χ2n) is 5.83. The number of rotatable bonds is 5. The molecule has 3 rings (SSSR count). The van der Waals surface area contributed by atoms with Crippen LogP contribution in [-0.4, -0.2) is 22.8 Å². The smallest absolute Gasteiger partial charge is 0.266 e. The van der Waals surface area contributed by atoms with E-state index >= 15 is 0 Å². The number of anilines is 1. The molecule has 6 heteroatoms. The number of carbonyl (C=O) groups excluding carboxylic acids is 1. The first-order chi connectivity index (χ1) is 12.5. The van der Waals surface area contributed by atoms with Gasteiger partial charge in [0, 0.05) is 24.4 Å². The number of methoxy groups -OCH3 is 1. The molecule has 0 radical (unpaired) electrons. The summed E-state index contributed by atoms with van der Waals surface area (Å²) in [6.45, 7) is 0. The molecule has 1 N–H and O–H groups in total. The van der Waals surface area contributed by atoms with Crippen LogP contribution in [0.4, 0.5) is 5.69 Å². The minimum Gasteiger partial charge on any atom is -0.497 e. The van der Waals surface area contributed by atoms with E-state index in [0.717, 1.165) is 16.9 Å². The van der Waals surface area contributed by atoms with Crippen LogP contribution in [0.25, 0.3) is 11.3 Å². The van der Waals surface area contributed by atoms with Crippen LogP contribution in [0.1, 0.15) is 5.56 Å². The summed E-state index contributed by atoms with van der Waals surface area (Å²) in [6.07, 6.45) is 0.270. The van der Waals surface area contributed by atoms with Crippen molar-refractivity contribution in [2.24, 2.45) is 7.05 Å².